The van der Waals surface area contributed by atoms with Crippen LogP contribution < -0.4 is 15.8 Å². The molecule has 6 heteroatoms. The van der Waals surface area contributed by atoms with Crippen LogP contribution in [0.3, 0.4) is 0 Å². The molecule has 0 aliphatic rings. The SMILES string of the molecule is CCC(CN)Nc1nc(OC)ncc1Cl. The van der Waals surface area contributed by atoms with E-state index in [1.807, 2.05) is 6.92 Å². The van der Waals surface area contributed by atoms with E-state index >= 15 is 0 Å². The molecule has 0 aliphatic heterocycles. The lowest BCUT2D eigenvalue weighted by atomic mass is 10.2. The summed E-state index contributed by atoms with van der Waals surface area (Å²) in [5.74, 6) is 0.556. The van der Waals surface area contributed by atoms with E-state index in [0.29, 0.717) is 17.4 Å². The van der Waals surface area contributed by atoms with Gasteiger partial charge in [-0.3, -0.25) is 0 Å². The number of aromatic nitrogens is 2. The molecule has 15 heavy (non-hydrogen) atoms. The van der Waals surface area contributed by atoms with E-state index in [0.717, 1.165) is 6.42 Å². The number of anilines is 1. The highest BCUT2D eigenvalue weighted by Crippen LogP contribution is 2.21. The number of nitrogens with two attached hydrogens (primary N) is 1. The van der Waals surface area contributed by atoms with Crippen molar-refractivity contribution < 1.29 is 4.74 Å². The number of rotatable bonds is 5. The molecule has 0 aliphatic carbocycles. The van der Waals surface area contributed by atoms with Gasteiger partial charge in [0.2, 0.25) is 0 Å². The molecule has 1 aromatic heterocycles. The third-order valence-electron chi connectivity index (χ3n) is 2.02. The number of hydrogen-bond donors (Lipinski definition) is 2. The Morgan fingerprint density at radius 2 is 2.40 bits per heavy atom. The number of hydrogen-bond acceptors (Lipinski definition) is 5. The highest BCUT2D eigenvalue weighted by Gasteiger charge is 2.09. The Morgan fingerprint density at radius 1 is 1.67 bits per heavy atom. The Labute approximate surface area is 94.0 Å². The van der Waals surface area contributed by atoms with Gasteiger partial charge in [0.1, 0.15) is 5.02 Å². The number of nitrogens with zero attached hydrogens (tertiary/aromatic N) is 2. The van der Waals surface area contributed by atoms with Gasteiger partial charge in [-0.15, -0.1) is 0 Å². The van der Waals surface area contributed by atoms with E-state index in [-0.39, 0.29) is 12.1 Å². The topological polar surface area (TPSA) is 73.1 Å². The van der Waals surface area contributed by atoms with Gasteiger partial charge < -0.3 is 15.8 Å². The maximum atomic E-state index is 5.93. The third kappa shape index (κ3) is 3.21. The predicted octanol–water partition coefficient (Wildman–Crippen LogP) is 1.29. The minimum Gasteiger partial charge on any atom is -0.467 e. The highest BCUT2D eigenvalue weighted by atomic mass is 35.5. The van der Waals surface area contributed by atoms with Crippen LogP contribution in [0.5, 0.6) is 6.01 Å². The van der Waals surface area contributed by atoms with Crippen molar-refractivity contribution in [3.63, 3.8) is 0 Å². The Hall–Kier alpha value is -1.07. The van der Waals surface area contributed by atoms with Crippen LogP contribution in [-0.4, -0.2) is 29.7 Å². The number of methoxy groups -OCH3 is 1. The molecule has 0 bridgehead atoms. The maximum absolute atomic E-state index is 5.93. The molecule has 84 valence electrons. The lowest BCUT2D eigenvalue weighted by molar-refractivity contribution is 0.380. The molecule has 0 amide bonds. The second-order valence-electron chi connectivity index (χ2n) is 3.04. The second kappa shape index (κ2) is 5.72. The van der Waals surface area contributed by atoms with Crippen LogP contribution in [0, 0.1) is 0 Å². The quantitative estimate of drug-likeness (QED) is 0.798. The van der Waals surface area contributed by atoms with Crippen molar-refractivity contribution in [1.82, 2.24) is 9.97 Å². The van der Waals surface area contributed by atoms with Crippen LogP contribution in [0.15, 0.2) is 6.20 Å². The molecular weight excluding hydrogens is 216 g/mol. The van der Waals surface area contributed by atoms with E-state index in [1.165, 1.54) is 13.3 Å². The average Bonchev–Trinajstić information content (AvgIpc) is 2.28. The number of ether oxygens (including phenoxy) is 1. The molecule has 0 saturated carbocycles. The monoisotopic (exact) mass is 230 g/mol. The molecule has 0 spiro atoms. The molecule has 1 atom stereocenters. The maximum Gasteiger partial charge on any atom is 0.318 e. The minimum absolute atomic E-state index is 0.155. The molecule has 0 radical (unpaired) electrons. The van der Waals surface area contributed by atoms with Gasteiger partial charge in [-0.2, -0.15) is 4.98 Å². The summed E-state index contributed by atoms with van der Waals surface area (Å²) in [4.78, 5) is 7.97. The summed E-state index contributed by atoms with van der Waals surface area (Å²) in [7, 11) is 1.51. The Morgan fingerprint density at radius 3 is 2.93 bits per heavy atom. The molecule has 1 aromatic rings. The predicted molar refractivity (Wildman–Crippen MR) is 60.4 cm³/mol. The van der Waals surface area contributed by atoms with Gasteiger partial charge in [0.15, 0.2) is 5.82 Å². The van der Waals surface area contributed by atoms with E-state index in [9.17, 15) is 0 Å². The minimum atomic E-state index is 0.155. The number of nitrogens with one attached hydrogen (secondary N) is 1. The van der Waals surface area contributed by atoms with E-state index < -0.39 is 0 Å². The fraction of sp³-hybridized carbons (Fsp3) is 0.556. The molecule has 0 saturated heterocycles. The third-order valence-corrected chi connectivity index (χ3v) is 2.30. The summed E-state index contributed by atoms with van der Waals surface area (Å²) < 4.78 is 4.91. The fourth-order valence-corrected chi connectivity index (χ4v) is 1.22. The Bertz CT molecular complexity index is 317. The van der Waals surface area contributed by atoms with Crippen LogP contribution in [0.2, 0.25) is 5.02 Å². The van der Waals surface area contributed by atoms with Crippen molar-refractivity contribution in [2.24, 2.45) is 5.73 Å². The second-order valence-corrected chi connectivity index (χ2v) is 3.45. The van der Waals surface area contributed by atoms with Crippen molar-refractivity contribution in [2.45, 2.75) is 19.4 Å². The molecule has 0 aromatic carbocycles. The molecule has 1 rings (SSSR count). The molecule has 0 fully saturated rings. The van der Waals surface area contributed by atoms with Gasteiger partial charge in [0.25, 0.3) is 0 Å². The lowest BCUT2D eigenvalue weighted by Crippen LogP contribution is -2.28. The van der Waals surface area contributed by atoms with E-state index in [4.69, 9.17) is 22.1 Å². The van der Waals surface area contributed by atoms with E-state index in [1.54, 1.807) is 0 Å². The first-order valence-corrected chi connectivity index (χ1v) is 5.12. The van der Waals surface area contributed by atoms with Crippen molar-refractivity contribution in [2.75, 3.05) is 19.0 Å². The fourth-order valence-electron chi connectivity index (χ4n) is 1.07. The summed E-state index contributed by atoms with van der Waals surface area (Å²) in [6.45, 7) is 2.57. The first-order valence-electron chi connectivity index (χ1n) is 4.74. The van der Waals surface area contributed by atoms with Crippen molar-refractivity contribution >= 4 is 17.4 Å². The lowest BCUT2D eigenvalue weighted by Gasteiger charge is -2.16. The standard InChI is InChI=1S/C9H15ClN4O/c1-3-6(4-11)13-8-7(10)5-12-9(14-8)15-2/h5-6H,3-4,11H2,1-2H3,(H,12,13,14). The van der Waals surface area contributed by atoms with Gasteiger partial charge in [-0.25, -0.2) is 4.98 Å². The van der Waals surface area contributed by atoms with Crippen molar-refractivity contribution in [1.29, 1.82) is 0 Å². The number of halogens is 1. The summed E-state index contributed by atoms with van der Waals surface area (Å²) in [6, 6.07) is 0.441. The molecule has 1 unspecified atom stereocenters. The van der Waals surface area contributed by atoms with Crippen molar-refractivity contribution in [3.05, 3.63) is 11.2 Å². The van der Waals surface area contributed by atoms with Gasteiger partial charge >= 0.3 is 6.01 Å². The van der Waals surface area contributed by atoms with Crippen LogP contribution in [0.1, 0.15) is 13.3 Å². The van der Waals surface area contributed by atoms with Crippen LogP contribution in [-0.2, 0) is 0 Å². The van der Waals surface area contributed by atoms with Gasteiger partial charge in [0.05, 0.1) is 13.3 Å². The zero-order chi connectivity index (χ0) is 11.3. The summed E-state index contributed by atoms with van der Waals surface area (Å²) in [5.41, 5.74) is 5.57. The van der Waals surface area contributed by atoms with Gasteiger partial charge in [0, 0.05) is 12.6 Å². The average molecular weight is 231 g/mol. The molecular formula is C9H15ClN4O. The molecule has 5 nitrogen and oxygen atoms in total. The highest BCUT2D eigenvalue weighted by molar-refractivity contribution is 6.32. The summed E-state index contributed by atoms with van der Waals surface area (Å²) >= 11 is 5.93. The Balaban J connectivity index is 2.82. The van der Waals surface area contributed by atoms with Gasteiger partial charge in [-0.05, 0) is 6.42 Å². The molecule has 3 N–H and O–H groups in total. The van der Waals surface area contributed by atoms with Gasteiger partial charge in [-0.1, -0.05) is 18.5 Å². The van der Waals surface area contributed by atoms with Crippen LogP contribution in [0.4, 0.5) is 5.82 Å². The smallest absolute Gasteiger partial charge is 0.318 e. The first-order chi connectivity index (χ1) is 7.21. The summed E-state index contributed by atoms with van der Waals surface area (Å²) in [6.07, 6.45) is 2.40. The zero-order valence-corrected chi connectivity index (χ0v) is 9.58. The molecule has 1 heterocycles. The first kappa shape index (κ1) is 12.0. The normalized spacial score (nSPS) is 12.3. The van der Waals surface area contributed by atoms with E-state index in [2.05, 4.69) is 15.3 Å². The summed E-state index contributed by atoms with van der Waals surface area (Å²) in [5, 5.41) is 3.59. The van der Waals surface area contributed by atoms with Crippen LogP contribution in [0.25, 0.3) is 0 Å². The zero-order valence-electron chi connectivity index (χ0n) is 8.83. The Kier molecular flexibility index (Phi) is 4.58. The van der Waals surface area contributed by atoms with Crippen molar-refractivity contribution in [3.8, 4) is 6.01 Å². The largest absolute Gasteiger partial charge is 0.467 e. The van der Waals surface area contributed by atoms with Crippen LogP contribution >= 0.6 is 11.6 Å².